The maximum absolute atomic E-state index is 10.8. The minimum atomic E-state index is -0.500. The summed E-state index contributed by atoms with van der Waals surface area (Å²) < 4.78 is 0. The molecule has 1 rings (SSSR count). The monoisotopic (exact) mass is 326 g/mol. The predicted octanol–water partition coefficient (Wildman–Crippen LogP) is 6.51. The van der Waals surface area contributed by atoms with Crippen LogP contribution >= 0.6 is 0 Å². The summed E-state index contributed by atoms with van der Waals surface area (Å²) in [4.78, 5) is 14.5. The summed E-state index contributed by atoms with van der Waals surface area (Å²) in [6.45, 7) is 2.28. The highest BCUT2D eigenvalue weighted by molar-refractivity contribution is 5.68. The molecule has 1 N–H and O–H groups in total. The van der Waals surface area contributed by atoms with Crippen LogP contribution in [0.5, 0.6) is 0 Å². The maximum atomic E-state index is 10.8. The number of hydrogen-bond donors (Lipinski definition) is 1. The van der Waals surface area contributed by atoms with Crippen LogP contribution in [0.1, 0.15) is 110 Å². The molecule has 0 aliphatic heterocycles. The first-order chi connectivity index (χ1) is 11.3. The standard InChI is InChI=1S/C20H38O3/c1-2-3-4-5-6-9-13-18-15-12-16-19(18)14-10-7-8-11-17-20(21)23-22/h18-19,22H,2-17H2,1H3/t18-,19-/m0/s1. The quantitative estimate of drug-likeness (QED) is 0.225. The van der Waals surface area contributed by atoms with Gasteiger partial charge in [0.05, 0.1) is 0 Å². The van der Waals surface area contributed by atoms with E-state index in [0.29, 0.717) is 6.42 Å². The molecule has 3 nitrogen and oxygen atoms in total. The van der Waals surface area contributed by atoms with Gasteiger partial charge in [-0.25, -0.2) is 4.79 Å². The van der Waals surface area contributed by atoms with E-state index in [9.17, 15) is 4.79 Å². The Bertz CT molecular complexity index is 291. The Kier molecular flexibility index (Phi) is 12.3. The highest BCUT2D eigenvalue weighted by atomic mass is 17.1. The van der Waals surface area contributed by atoms with E-state index in [2.05, 4.69) is 11.8 Å². The average Bonchev–Trinajstić information content (AvgIpc) is 3.01. The van der Waals surface area contributed by atoms with Crippen molar-refractivity contribution in [1.82, 2.24) is 0 Å². The molecule has 0 heterocycles. The lowest BCUT2D eigenvalue weighted by atomic mass is 9.86. The van der Waals surface area contributed by atoms with Gasteiger partial charge in [-0.2, -0.15) is 5.26 Å². The minimum absolute atomic E-state index is 0.348. The van der Waals surface area contributed by atoms with Crippen molar-refractivity contribution in [3.8, 4) is 0 Å². The highest BCUT2D eigenvalue weighted by Gasteiger charge is 2.25. The molecule has 0 aromatic carbocycles. The fourth-order valence-electron chi connectivity index (χ4n) is 4.14. The molecule has 1 fully saturated rings. The first-order valence-electron chi connectivity index (χ1n) is 10.1. The molecule has 23 heavy (non-hydrogen) atoms. The normalized spacial score (nSPS) is 20.8. The summed E-state index contributed by atoms with van der Waals surface area (Å²) in [5.74, 6) is 1.46. The number of rotatable bonds is 14. The van der Waals surface area contributed by atoms with Crippen LogP contribution in [0, 0.1) is 11.8 Å². The SMILES string of the molecule is CCCCCCCC[C@H]1CCC[C@@H]1CCCCCCC(=O)OO. The van der Waals surface area contributed by atoms with Gasteiger partial charge in [-0.3, -0.25) is 0 Å². The largest absolute Gasteiger partial charge is 0.342 e. The van der Waals surface area contributed by atoms with E-state index < -0.39 is 5.97 Å². The van der Waals surface area contributed by atoms with E-state index in [-0.39, 0.29) is 0 Å². The van der Waals surface area contributed by atoms with Crippen molar-refractivity contribution in [1.29, 1.82) is 0 Å². The summed E-state index contributed by atoms with van der Waals surface area (Å²) in [6, 6.07) is 0. The van der Waals surface area contributed by atoms with Crippen molar-refractivity contribution in [2.75, 3.05) is 0 Å². The summed E-state index contributed by atoms with van der Waals surface area (Å²) >= 11 is 0. The second-order valence-corrected chi connectivity index (χ2v) is 7.42. The van der Waals surface area contributed by atoms with Gasteiger partial charge in [0.25, 0.3) is 0 Å². The van der Waals surface area contributed by atoms with Gasteiger partial charge in [0.1, 0.15) is 0 Å². The van der Waals surface area contributed by atoms with Crippen LogP contribution in [0.15, 0.2) is 0 Å². The van der Waals surface area contributed by atoms with E-state index in [0.717, 1.165) is 24.7 Å². The predicted molar refractivity (Wildman–Crippen MR) is 95.2 cm³/mol. The van der Waals surface area contributed by atoms with Gasteiger partial charge >= 0.3 is 5.97 Å². The Morgan fingerprint density at radius 1 is 0.870 bits per heavy atom. The molecule has 0 radical (unpaired) electrons. The summed E-state index contributed by atoms with van der Waals surface area (Å²) in [6.07, 6.45) is 20.4. The van der Waals surface area contributed by atoms with Crippen molar-refractivity contribution in [2.24, 2.45) is 11.8 Å². The van der Waals surface area contributed by atoms with Crippen molar-refractivity contribution >= 4 is 5.97 Å². The molecule has 0 bridgehead atoms. The lowest BCUT2D eigenvalue weighted by Gasteiger charge is -2.19. The lowest BCUT2D eigenvalue weighted by Crippen LogP contribution is -2.08. The smallest absolute Gasteiger partial charge is 0.301 e. The van der Waals surface area contributed by atoms with Crippen LogP contribution in [-0.2, 0) is 9.68 Å². The lowest BCUT2D eigenvalue weighted by molar-refractivity contribution is -0.234. The molecule has 0 unspecified atom stereocenters. The Balaban J connectivity index is 1.99. The van der Waals surface area contributed by atoms with E-state index in [4.69, 9.17) is 5.26 Å². The molecule has 0 spiro atoms. The third-order valence-corrected chi connectivity index (χ3v) is 5.55. The van der Waals surface area contributed by atoms with E-state index >= 15 is 0 Å². The van der Waals surface area contributed by atoms with Crippen molar-refractivity contribution in [2.45, 2.75) is 110 Å². The van der Waals surface area contributed by atoms with Crippen LogP contribution in [0.4, 0.5) is 0 Å². The van der Waals surface area contributed by atoms with Crippen molar-refractivity contribution in [3.05, 3.63) is 0 Å². The van der Waals surface area contributed by atoms with E-state index in [1.54, 1.807) is 0 Å². The Labute approximate surface area is 143 Å². The molecule has 0 aromatic heterocycles. The van der Waals surface area contributed by atoms with Crippen LogP contribution in [0.25, 0.3) is 0 Å². The van der Waals surface area contributed by atoms with Crippen molar-refractivity contribution < 1.29 is 14.9 Å². The summed E-state index contributed by atoms with van der Waals surface area (Å²) in [5.41, 5.74) is 0. The molecule has 1 aliphatic carbocycles. The zero-order valence-corrected chi connectivity index (χ0v) is 15.2. The van der Waals surface area contributed by atoms with Gasteiger partial charge in [0.15, 0.2) is 0 Å². The number of hydrogen-bond acceptors (Lipinski definition) is 3. The average molecular weight is 327 g/mol. The molecule has 136 valence electrons. The number of carbonyl (C=O) groups excluding carboxylic acids is 1. The molecule has 3 heteroatoms. The van der Waals surface area contributed by atoms with Gasteiger partial charge in [0.2, 0.25) is 0 Å². The second-order valence-electron chi connectivity index (χ2n) is 7.42. The molecule has 2 atom stereocenters. The fourth-order valence-corrected chi connectivity index (χ4v) is 4.14. The first-order valence-corrected chi connectivity index (χ1v) is 10.1. The molecule has 1 saturated carbocycles. The molecule has 0 amide bonds. The highest BCUT2D eigenvalue weighted by Crippen LogP contribution is 2.38. The van der Waals surface area contributed by atoms with Crippen LogP contribution < -0.4 is 0 Å². The van der Waals surface area contributed by atoms with Gasteiger partial charge in [0, 0.05) is 6.42 Å². The van der Waals surface area contributed by atoms with E-state index in [1.165, 1.54) is 83.5 Å². The zero-order valence-electron chi connectivity index (χ0n) is 15.2. The van der Waals surface area contributed by atoms with Gasteiger partial charge in [-0.15, -0.1) is 0 Å². The summed E-state index contributed by atoms with van der Waals surface area (Å²) in [7, 11) is 0. The van der Waals surface area contributed by atoms with E-state index in [1.807, 2.05) is 0 Å². The van der Waals surface area contributed by atoms with Crippen LogP contribution in [-0.4, -0.2) is 11.2 Å². The van der Waals surface area contributed by atoms with Crippen LogP contribution in [0.3, 0.4) is 0 Å². The Morgan fingerprint density at radius 2 is 1.39 bits per heavy atom. The second kappa shape index (κ2) is 13.8. The number of unbranched alkanes of at least 4 members (excludes halogenated alkanes) is 8. The van der Waals surface area contributed by atoms with Gasteiger partial charge < -0.3 is 4.89 Å². The third-order valence-electron chi connectivity index (χ3n) is 5.55. The maximum Gasteiger partial charge on any atom is 0.342 e. The fraction of sp³-hybridized carbons (Fsp3) is 0.950. The Morgan fingerprint density at radius 3 is 1.96 bits per heavy atom. The third kappa shape index (κ3) is 10.0. The summed E-state index contributed by atoms with van der Waals surface area (Å²) in [5, 5.41) is 8.19. The Hall–Kier alpha value is -0.570. The number of carbonyl (C=O) groups is 1. The first kappa shape index (κ1) is 20.5. The van der Waals surface area contributed by atoms with Gasteiger partial charge in [-0.05, 0) is 18.3 Å². The molecule has 0 saturated heterocycles. The molecular formula is C20H38O3. The van der Waals surface area contributed by atoms with Crippen LogP contribution in [0.2, 0.25) is 0 Å². The van der Waals surface area contributed by atoms with Gasteiger partial charge in [-0.1, -0.05) is 96.8 Å². The minimum Gasteiger partial charge on any atom is -0.301 e. The zero-order chi connectivity index (χ0) is 16.8. The molecule has 1 aliphatic rings. The molecule has 0 aromatic rings. The topological polar surface area (TPSA) is 46.5 Å². The molecular weight excluding hydrogens is 288 g/mol. The van der Waals surface area contributed by atoms with Crippen molar-refractivity contribution in [3.63, 3.8) is 0 Å².